The molecule has 2 rings (SSSR count). The van der Waals surface area contributed by atoms with E-state index in [1.54, 1.807) is 0 Å². The molecule has 2 atom stereocenters. The van der Waals surface area contributed by atoms with E-state index >= 15 is 0 Å². The Morgan fingerprint density at radius 3 is 2.57 bits per heavy atom. The van der Waals surface area contributed by atoms with Gasteiger partial charge in [0.2, 0.25) is 5.91 Å². The molecule has 28 heavy (non-hydrogen) atoms. The first-order valence-corrected chi connectivity index (χ1v) is 8.80. The Morgan fingerprint density at radius 1 is 1.32 bits per heavy atom. The summed E-state index contributed by atoms with van der Waals surface area (Å²) in [4.78, 5) is 47.1. The summed E-state index contributed by atoms with van der Waals surface area (Å²) < 4.78 is 9.21. The first-order valence-electron chi connectivity index (χ1n) is 7.81. The Bertz CT molecular complexity index is 906. The summed E-state index contributed by atoms with van der Waals surface area (Å²) in [6, 6.07) is 7.42. The molecule has 1 N–H and O–H groups in total. The highest BCUT2D eigenvalue weighted by Crippen LogP contribution is 2.43. The van der Waals surface area contributed by atoms with Crippen LogP contribution in [0.15, 0.2) is 34.9 Å². The Balaban J connectivity index is 2.67. The molecule has 1 heterocycles. The molecule has 1 amide bonds. The lowest BCUT2D eigenvalue weighted by molar-refractivity contribution is -0.385. The van der Waals surface area contributed by atoms with Gasteiger partial charge in [-0.2, -0.15) is 5.26 Å². The van der Waals surface area contributed by atoms with Gasteiger partial charge >= 0.3 is 11.9 Å². The molecule has 0 bridgehead atoms. The third kappa shape index (κ3) is 4.12. The summed E-state index contributed by atoms with van der Waals surface area (Å²) in [6.45, 7) is 0. The molecular weight excluding hydrogens is 390 g/mol. The number of thioether (sulfide) groups is 1. The SMILES string of the molecule is COC(=O)CSC1=C(C#N)[C@@H](c2ccccc2[N+](=O)[O-])[C@H](C(=O)OC)C(=O)N1. The predicted octanol–water partition coefficient (Wildman–Crippen LogP) is 1.24. The maximum absolute atomic E-state index is 12.6. The van der Waals surface area contributed by atoms with Crippen molar-refractivity contribution < 1.29 is 28.8 Å². The summed E-state index contributed by atoms with van der Waals surface area (Å²) in [7, 11) is 2.26. The van der Waals surface area contributed by atoms with Crippen molar-refractivity contribution in [2.45, 2.75) is 5.92 Å². The Morgan fingerprint density at radius 2 is 2.00 bits per heavy atom. The van der Waals surface area contributed by atoms with E-state index in [-0.39, 0.29) is 27.6 Å². The number of ether oxygens (including phenoxy) is 2. The molecule has 0 spiro atoms. The monoisotopic (exact) mass is 405 g/mol. The number of amides is 1. The Hall–Kier alpha value is -3.39. The lowest BCUT2D eigenvalue weighted by Gasteiger charge is -2.30. The van der Waals surface area contributed by atoms with Gasteiger partial charge in [-0.1, -0.05) is 30.0 Å². The number of hydrogen-bond donors (Lipinski definition) is 1. The van der Waals surface area contributed by atoms with E-state index in [0.29, 0.717) is 0 Å². The topological polar surface area (TPSA) is 149 Å². The smallest absolute Gasteiger partial charge is 0.319 e. The second-order valence-electron chi connectivity index (χ2n) is 5.50. The van der Waals surface area contributed by atoms with Gasteiger partial charge in [0.25, 0.3) is 5.69 Å². The van der Waals surface area contributed by atoms with Crippen molar-refractivity contribution >= 4 is 35.3 Å². The first kappa shape index (κ1) is 20.9. The van der Waals surface area contributed by atoms with Gasteiger partial charge in [0, 0.05) is 11.6 Å². The molecular formula is C17H15N3O7S. The van der Waals surface area contributed by atoms with E-state index in [4.69, 9.17) is 0 Å². The number of methoxy groups -OCH3 is 2. The van der Waals surface area contributed by atoms with Crippen LogP contribution >= 0.6 is 11.8 Å². The molecule has 0 saturated heterocycles. The summed E-state index contributed by atoms with van der Waals surface area (Å²) in [5.74, 6) is -5.27. The molecule has 0 radical (unpaired) electrons. The second kappa shape index (κ2) is 9.01. The number of nitrogens with zero attached hydrogens (tertiary/aromatic N) is 2. The highest BCUT2D eigenvalue weighted by Gasteiger charge is 2.46. The van der Waals surface area contributed by atoms with Gasteiger partial charge in [0.15, 0.2) is 0 Å². The van der Waals surface area contributed by atoms with Crippen LogP contribution in [-0.2, 0) is 23.9 Å². The van der Waals surface area contributed by atoms with Gasteiger partial charge in [-0.25, -0.2) is 0 Å². The number of benzene rings is 1. The van der Waals surface area contributed by atoms with Gasteiger partial charge in [0.1, 0.15) is 5.92 Å². The van der Waals surface area contributed by atoms with Crippen LogP contribution in [0.25, 0.3) is 0 Å². The zero-order valence-electron chi connectivity index (χ0n) is 14.8. The van der Waals surface area contributed by atoms with E-state index in [9.17, 15) is 29.8 Å². The van der Waals surface area contributed by atoms with Crippen molar-refractivity contribution in [1.29, 1.82) is 5.26 Å². The van der Waals surface area contributed by atoms with Crippen LogP contribution in [0.1, 0.15) is 11.5 Å². The summed E-state index contributed by atoms with van der Waals surface area (Å²) in [6.07, 6.45) is 0. The summed E-state index contributed by atoms with van der Waals surface area (Å²) >= 11 is 0.829. The van der Waals surface area contributed by atoms with Gasteiger partial charge in [-0.05, 0) is 0 Å². The third-order valence-corrected chi connectivity index (χ3v) is 5.00. The number of carbonyl (C=O) groups excluding carboxylic acids is 3. The lowest BCUT2D eigenvalue weighted by Crippen LogP contribution is -2.44. The van der Waals surface area contributed by atoms with Crippen molar-refractivity contribution in [3.05, 3.63) is 50.5 Å². The fraction of sp³-hybridized carbons (Fsp3) is 0.294. The number of rotatable bonds is 6. The van der Waals surface area contributed by atoms with Crippen LogP contribution in [0.2, 0.25) is 0 Å². The average molecular weight is 405 g/mol. The highest BCUT2D eigenvalue weighted by molar-refractivity contribution is 8.03. The molecule has 10 nitrogen and oxygen atoms in total. The van der Waals surface area contributed by atoms with Gasteiger partial charge in [-0.3, -0.25) is 24.5 Å². The number of nitro benzene ring substituents is 1. The molecule has 1 aliphatic rings. The van der Waals surface area contributed by atoms with Crippen LogP contribution in [0.5, 0.6) is 0 Å². The maximum atomic E-state index is 12.6. The fourth-order valence-corrected chi connectivity index (χ4v) is 3.64. The second-order valence-corrected chi connectivity index (χ2v) is 6.49. The molecule has 146 valence electrons. The van der Waals surface area contributed by atoms with Crippen molar-refractivity contribution in [3.63, 3.8) is 0 Å². The maximum Gasteiger partial charge on any atom is 0.319 e. The molecule has 0 aromatic heterocycles. The van der Waals surface area contributed by atoms with E-state index in [1.807, 2.05) is 6.07 Å². The quantitative estimate of drug-likeness (QED) is 0.319. The summed E-state index contributed by atoms with van der Waals surface area (Å²) in [5.41, 5.74) is -0.412. The van der Waals surface area contributed by atoms with E-state index in [2.05, 4.69) is 14.8 Å². The minimum Gasteiger partial charge on any atom is -0.468 e. The zero-order chi connectivity index (χ0) is 20.8. The number of carbonyl (C=O) groups is 3. The predicted molar refractivity (Wildman–Crippen MR) is 96.6 cm³/mol. The van der Waals surface area contributed by atoms with Crippen LogP contribution in [0, 0.1) is 27.4 Å². The normalized spacial score (nSPS) is 18.7. The highest BCUT2D eigenvalue weighted by atomic mass is 32.2. The Kier molecular flexibility index (Phi) is 6.73. The molecule has 0 aliphatic carbocycles. The number of esters is 2. The molecule has 0 saturated carbocycles. The molecule has 1 aliphatic heterocycles. The molecule has 1 aromatic carbocycles. The number of para-hydroxylation sites is 1. The zero-order valence-corrected chi connectivity index (χ0v) is 15.6. The summed E-state index contributed by atoms with van der Waals surface area (Å²) in [5, 5.41) is 23.6. The van der Waals surface area contributed by atoms with Gasteiger partial charge < -0.3 is 14.8 Å². The molecule has 0 unspecified atom stereocenters. The van der Waals surface area contributed by atoms with E-state index in [1.165, 1.54) is 31.4 Å². The van der Waals surface area contributed by atoms with Crippen LogP contribution in [0.3, 0.4) is 0 Å². The standard InChI is InChI=1S/C17H15N3O7S/c1-26-12(21)8-28-16-10(7-18)13(14(15(22)19-16)17(23)27-2)9-5-3-4-6-11(9)20(24)25/h3-6,13-14H,8H2,1-2H3,(H,19,22)/t13-,14+/m1/s1. The number of allylic oxidation sites excluding steroid dienone is 1. The number of nitriles is 1. The molecule has 11 heteroatoms. The van der Waals surface area contributed by atoms with Crippen molar-refractivity contribution in [2.24, 2.45) is 5.92 Å². The molecule has 0 fully saturated rings. The van der Waals surface area contributed by atoms with Crippen LogP contribution < -0.4 is 5.32 Å². The van der Waals surface area contributed by atoms with Crippen LogP contribution in [-0.4, -0.2) is 42.7 Å². The minimum atomic E-state index is -1.50. The van der Waals surface area contributed by atoms with Crippen molar-refractivity contribution in [2.75, 3.05) is 20.0 Å². The number of nitrogens with one attached hydrogen (secondary N) is 1. The lowest BCUT2D eigenvalue weighted by atomic mass is 9.78. The molecule has 1 aromatic rings. The van der Waals surface area contributed by atoms with Crippen LogP contribution in [0.4, 0.5) is 5.69 Å². The van der Waals surface area contributed by atoms with Crippen molar-refractivity contribution in [1.82, 2.24) is 5.32 Å². The van der Waals surface area contributed by atoms with E-state index in [0.717, 1.165) is 18.9 Å². The van der Waals surface area contributed by atoms with Gasteiger partial charge in [-0.15, -0.1) is 0 Å². The van der Waals surface area contributed by atoms with E-state index < -0.39 is 34.6 Å². The number of nitro groups is 1. The largest absolute Gasteiger partial charge is 0.468 e. The first-order chi connectivity index (χ1) is 13.3. The average Bonchev–Trinajstić information content (AvgIpc) is 2.70. The van der Waals surface area contributed by atoms with Gasteiger partial charge in [0.05, 0.1) is 47.5 Å². The minimum absolute atomic E-state index is 0.0190. The fourth-order valence-electron chi connectivity index (χ4n) is 2.76. The third-order valence-electron chi connectivity index (χ3n) is 4.01. The number of hydrogen-bond acceptors (Lipinski definition) is 9. The van der Waals surface area contributed by atoms with Crippen molar-refractivity contribution in [3.8, 4) is 6.07 Å². The Labute approximate surface area is 163 Å².